The number of carbonyl (C=O) groups excluding carboxylic acids is 1. The number of carbonyl (C=O) groups is 1. The summed E-state index contributed by atoms with van der Waals surface area (Å²) in [6.07, 6.45) is 2.31. The summed E-state index contributed by atoms with van der Waals surface area (Å²) >= 11 is 4.44. The number of hydrogen-bond acceptors (Lipinski definition) is 6. The van der Waals surface area contributed by atoms with E-state index in [-0.39, 0.29) is 12.6 Å². The summed E-state index contributed by atoms with van der Waals surface area (Å²) in [6, 6.07) is -0.397. The Bertz CT molecular complexity index is 650. The monoisotopic (exact) mass is 438 g/mol. The van der Waals surface area contributed by atoms with Gasteiger partial charge in [-0.15, -0.1) is 11.3 Å². The lowest BCUT2D eigenvalue weighted by Crippen LogP contribution is -2.52. The van der Waals surface area contributed by atoms with Crippen LogP contribution < -0.4 is 10.6 Å². The highest BCUT2D eigenvalue weighted by molar-refractivity contribution is 9.11. The van der Waals surface area contributed by atoms with Crippen LogP contribution in [0.25, 0.3) is 0 Å². The molecule has 2 aliphatic rings. The third-order valence-corrected chi connectivity index (χ3v) is 6.55. The number of fused-ring (bicyclic) bond motifs is 1. The van der Waals surface area contributed by atoms with Gasteiger partial charge in [0.05, 0.1) is 29.2 Å². The molecule has 0 aliphatic carbocycles. The summed E-state index contributed by atoms with van der Waals surface area (Å²) in [5.74, 6) is -3.40. The molecule has 2 unspecified atom stereocenters. The molecule has 0 saturated carbocycles. The van der Waals surface area contributed by atoms with Crippen molar-refractivity contribution in [1.29, 1.82) is 0 Å². The van der Waals surface area contributed by atoms with E-state index in [4.69, 9.17) is 15.2 Å². The minimum absolute atomic E-state index is 0.142. The summed E-state index contributed by atoms with van der Waals surface area (Å²) in [7, 11) is 1.28. The maximum absolute atomic E-state index is 14.3. The average Bonchev–Trinajstić information content (AvgIpc) is 2.90. The molecule has 1 aromatic heterocycles. The van der Waals surface area contributed by atoms with Crippen molar-refractivity contribution in [2.75, 3.05) is 31.7 Å². The van der Waals surface area contributed by atoms with E-state index in [1.165, 1.54) is 12.0 Å². The number of hydrogen-bond donors (Lipinski definition) is 1. The van der Waals surface area contributed by atoms with Crippen LogP contribution in [0, 0.1) is 0 Å². The van der Waals surface area contributed by atoms with Gasteiger partial charge in [-0.2, -0.15) is 0 Å². The van der Waals surface area contributed by atoms with E-state index in [9.17, 15) is 13.6 Å². The fourth-order valence-electron chi connectivity index (χ4n) is 3.45. The topological polar surface area (TPSA) is 64.8 Å². The smallest absolute Gasteiger partial charge is 0.350 e. The SMILES string of the molecule is COC(=O)c1sc(Br)c2c1N(CC(N)C1CCCCO1)CC(F)(F)C2. The van der Waals surface area contributed by atoms with Crippen LogP contribution in [0.4, 0.5) is 14.5 Å². The number of ether oxygens (including phenoxy) is 2. The fraction of sp³-hybridized carbons (Fsp3) is 0.688. The number of esters is 1. The Morgan fingerprint density at radius 1 is 1.56 bits per heavy atom. The maximum atomic E-state index is 14.3. The van der Waals surface area contributed by atoms with E-state index in [0.717, 1.165) is 30.6 Å². The van der Waals surface area contributed by atoms with Crippen LogP contribution in [-0.4, -0.2) is 50.8 Å². The number of nitrogens with zero attached hydrogens (tertiary/aromatic N) is 1. The Labute approximate surface area is 157 Å². The molecule has 1 aromatic rings. The molecule has 25 heavy (non-hydrogen) atoms. The summed E-state index contributed by atoms with van der Waals surface area (Å²) in [4.78, 5) is 13.9. The van der Waals surface area contributed by atoms with E-state index < -0.39 is 30.9 Å². The van der Waals surface area contributed by atoms with Gasteiger partial charge in [0, 0.05) is 31.2 Å². The second-order valence-electron chi connectivity index (χ2n) is 6.51. The van der Waals surface area contributed by atoms with Gasteiger partial charge in [-0.25, -0.2) is 13.6 Å². The third-order valence-electron chi connectivity index (χ3n) is 4.60. The zero-order valence-electron chi connectivity index (χ0n) is 13.9. The number of anilines is 1. The molecule has 0 aromatic carbocycles. The quantitative estimate of drug-likeness (QED) is 0.731. The highest BCUT2D eigenvalue weighted by Gasteiger charge is 2.43. The van der Waals surface area contributed by atoms with Crippen molar-refractivity contribution in [1.82, 2.24) is 0 Å². The molecular weight excluding hydrogens is 418 g/mol. The second kappa shape index (κ2) is 7.46. The predicted molar refractivity (Wildman–Crippen MR) is 95.8 cm³/mol. The van der Waals surface area contributed by atoms with Gasteiger partial charge < -0.3 is 20.1 Å². The van der Waals surface area contributed by atoms with Crippen molar-refractivity contribution in [2.24, 2.45) is 5.73 Å². The van der Waals surface area contributed by atoms with Gasteiger partial charge >= 0.3 is 5.97 Å². The normalized spacial score (nSPS) is 23.9. The van der Waals surface area contributed by atoms with Crippen LogP contribution >= 0.6 is 27.3 Å². The van der Waals surface area contributed by atoms with Crippen LogP contribution in [0.2, 0.25) is 0 Å². The highest BCUT2D eigenvalue weighted by atomic mass is 79.9. The van der Waals surface area contributed by atoms with E-state index in [1.807, 2.05) is 0 Å². The van der Waals surface area contributed by atoms with Crippen molar-refractivity contribution in [2.45, 2.75) is 43.8 Å². The lowest BCUT2D eigenvalue weighted by Gasteiger charge is -2.38. The van der Waals surface area contributed by atoms with Gasteiger partial charge in [0.2, 0.25) is 0 Å². The molecule has 2 N–H and O–H groups in total. The maximum Gasteiger partial charge on any atom is 0.350 e. The first-order chi connectivity index (χ1) is 11.8. The largest absolute Gasteiger partial charge is 0.465 e. The Kier molecular flexibility index (Phi) is 5.67. The van der Waals surface area contributed by atoms with Crippen LogP contribution in [0.15, 0.2) is 3.79 Å². The summed E-state index contributed by atoms with van der Waals surface area (Å²) in [6.45, 7) is 0.394. The van der Waals surface area contributed by atoms with Crippen molar-refractivity contribution in [3.63, 3.8) is 0 Å². The van der Waals surface area contributed by atoms with Crippen LogP contribution in [-0.2, 0) is 15.9 Å². The van der Waals surface area contributed by atoms with Gasteiger partial charge in [-0.1, -0.05) is 0 Å². The molecule has 3 rings (SSSR count). The van der Waals surface area contributed by atoms with Crippen LogP contribution in [0.3, 0.4) is 0 Å². The van der Waals surface area contributed by atoms with Gasteiger partial charge in [0.25, 0.3) is 5.92 Å². The molecule has 0 bridgehead atoms. The fourth-order valence-corrected chi connectivity index (χ4v) is 5.25. The molecule has 1 fully saturated rings. The Hall–Kier alpha value is -0.770. The lowest BCUT2D eigenvalue weighted by atomic mass is 9.98. The average molecular weight is 439 g/mol. The molecule has 0 amide bonds. The second-order valence-corrected chi connectivity index (χ2v) is 8.84. The number of alkyl halides is 2. The Morgan fingerprint density at radius 2 is 2.32 bits per heavy atom. The molecule has 0 spiro atoms. The first-order valence-electron chi connectivity index (χ1n) is 8.22. The van der Waals surface area contributed by atoms with Crippen molar-refractivity contribution in [3.8, 4) is 0 Å². The van der Waals surface area contributed by atoms with E-state index in [0.29, 0.717) is 26.5 Å². The van der Waals surface area contributed by atoms with Crippen molar-refractivity contribution in [3.05, 3.63) is 14.2 Å². The molecule has 1 saturated heterocycles. The number of halogens is 3. The molecule has 3 heterocycles. The first kappa shape index (κ1) is 19.0. The zero-order chi connectivity index (χ0) is 18.2. The van der Waals surface area contributed by atoms with Gasteiger partial charge in [0.1, 0.15) is 4.88 Å². The van der Waals surface area contributed by atoms with Crippen molar-refractivity contribution < 1.29 is 23.0 Å². The Morgan fingerprint density at radius 3 is 2.96 bits per heavy atom. The highest BCUT2D eigenvalue weighted by Crippen LogP contribution is 2.46. The van der Waals surface area contributed by atoms with E-state index >= 15 is 0 Å². The van der Waals surface area contributed by atoms with Gasteiger partial charge in [-0.3, -0.25) is 0 Å². The van der Waals surface area contributed by atoms with E-state index in [2.05, 4.69) is 15.9 Å². The number of rotatable bonds is 4. The molecule has 140 valence electrons. The minimum atomic E-state index is -2.88. The molecule has 9 heteroatoms. The Balaban J connectivity index is 1.90. The summed E-state index contributed by atoms with van der Waals surface area (Å²) in [5.41, 5.74) is 7.21. The van der Waals surface area contributed by atoms with Gasteiger partial charge in [0.15, 0.2) is 0 Å². The zero-order valence-corrected chi connectivity index (χ0v) is 16.3. The number of nitrogens with two attached hydrogens (primary N) is 1. The predicted octanol–water partition coefficient (Wildman–Crippen LogP) is 3.19. The van der Waals surface area contributed by atoms with Crippen molar-refractivity contribution >= 4 is 38.9 Å². The third kappa shape index (κ3) is 3.99. The molecule has 2 atom stereocenters. The van der Waals surface area contributed by atoms with E-state index in [1.54, 1.807) is 0 Å². The minimum Gasteiger partial charge on any atom is -0.465 e. The van der Waals surface area contributed by atoms with Gasteiger partial charge in [-0.05, 0) is 35.2 Å². The number of thiophene rings is 1. The van der Waals surface area contributed by atoms with Crippen LogP contribution in [0.5, 0.6) is 0 Å². The summed E-state index contributed by atoms with van der Waals surface area (Å²) in [5, 5.41) is 0. The molecular formula is C16H21BrF2N2O3S. The number of methoxy groups -OCH3 is 1. The summed E-state index contributed by atoms with van der Waals surface area (Å²) < 4.78 is 39.5. The molecule has 5 nitrogen and oxygen atoms in total. The first-order valence-corrected chi connectivity index (χ1v) is 9.83. The standard InChI is InChI=1S/C16H21BrF2N2O3S/c1-23-15(22)13-12-9(14(17)25-13)6-16(18,19)8-21(12)7-10(20)11-4-2-3-5-24-11/h10-11H,2-8,20H2,1H3. The molecule has 0 radical (unpaired) electrons. The lowest BCUT2D eigenvalue weighted by molar-refractivity contribution is -0.00687. The molecule has 2 aliphatic heterocycles. The van der Waals surface area contributed by atoms with Crippen LogP contribution in [0.1, 0.15) is 34.5 Å².